The topological polar surface area (TPSA) is 47.7 Å². The Bertz CT molecular complexity index is 378. The molecule has 1 saturated carbocycles. The van der Waals surface area contributed by atoms with Gasteiger partial charge in [-0.05, 0) is 25.0 Å². The summed E-state index contributed by atoms with van der Waals surface area (Å²) in [6.45, 7) is 1.61. The molecule has 0 saturated heterocycles. The lowest BCUT2D eigenvalue weighted by molar-refractivity contribution is 0.205. The zero-order valence-corrected chi connectivity index (χ0v) is 10.5. The molecule has 0 heterocycles. The summed E-state index contributed by atoms with van der Waals surface area (Å²) >= 11 is 0. The quantitative estimate of drug-likeness (QED) is 0.766. The van der Waals surface area contributed by atoms with Gasteiger partial charge in [0, 0.05) is 25.8 Å². The molecule has 17 heavy (non-hydrogen) atoms. The Morgan fingerprint density at radius 1 is 1.35 bits per heavy atom. The largest absolute Gasteiger partial charge is 0.497 e. The molecular formula is C13H20N2O2. The van der Waals surface area contributed by atoms with Crippen molar-refractivity contribution in [3.63, 3.8) is 0 Å². The Balaban J connectivity index is 2.16. The van der Waals surface area contributed by atoms with Gasteiger partial charge in [0.15, 0.2) is 0 Å². The first-order chi connectivity index (χ1) is 8.26. The molecule has 4 heteroatoms. The highest BCUT2D eigenvalue weighted by molar-refractivity contribution is 5.70. The van der Waals surface area contributed by atoms with E-state index in [2.05, 4.69) is 4.90 Å². The Kier molecular flexibility index (Phi) is 3.74. The summed E-state index contributed by atoms with van der Waals surface area (Å²) < 4.78 is 10.3. The van der Waals surface area contributed by atoms with Crippen LogP contribution in [0.25, 0.3) is 0 Å². The summed E-state index contributed by atoms with van der Waals surface area (Å²) in [6, 6.07) is 6.48. The number of nitrogen functional groups attached to an aromatic ring is 1. The van der Waals surface area contributed by atoms with Gasteiger partial charge in [0.2, 0.25) is 0 Å². The number of hydrogen-bond donors (Lipinski definition) is 1. The number of ether oxygens (including phenoxy) is 2. The fraction of sp³-hybridized carbons (Fsp3) is 0.538. The molecule has 0 atom stereocenters. The van der Waals surface area contributed by atoms with Crippen molar-refractivity contribution in [2.75, 3.05) is 38.0 Å². The van der Waals surface area contributed by atoms with Crippen molar-refractivity contribution < 1.29 is 9.47 Å². The zero-order chi connectivity index (χ0) is 12.3. The number of benzene rings is 1. The van der Waals surface area contributed by atoms with Crippen LogP contribution in [-0.4, -0.2) is 33.4 Å². The van der Waals surface area contributed by atoms with E-state index >= 15 is 0 Å². The molecule has 1 aromatic carbocycles. The number of rotatable bonds is 6. The fourth-order valence-corrected chi connectivity index (χ4v) is 2.00. The third kappa shape index (κ3) is 2.82. The number of nitrogens with zero attached hydrogens (tertiary/aromatic N) is 1. The van der Waals surface area contributed by atoms with Gasteiger partial charge >= 0.3 is 0 Å². The Labute approximate surface area is 102 Å². The van der Waals surface area contributed by atoms with E-state index in [4.69, 9.17) is 15.2 Å². The van der Waals surface area contributed by atoms with Crippen LogP contribution in [0.1, 0.15) is 12.8 Å². The zero-order valence-electron chi connectivity index (χ0n) is 10.5. The summed E-state index contributed by atoms with van der Waals surface area (Å²) in [5, 5.41) is 0. The Hall–Kier alpha value is -1.42. The van der Waals surface area contributed by atoms with E-state index in [9.17, 15) is 0 Å². The maximum Gasteiger partial charge on any atom is 0.121 e. The highest BCUT2D eigenvalue weighted by Crippen LogP contribution is 2.35. The smallest absolute Gasteiger partial charge is 0.121 e. The van der Waals surface area contributed by atoms with Gasteiger partial charge in [-0.2, -0.15) is 0 Å². The van der Waals surface area contributed by atoms with Crippen molar-refractivity contribution in [2.24, 2.45) is 0 Å². The van der Waals surface area contributed by atoms with Crippen LogP contribution < -0.4 is 15.4 Å². The van der Waals surface area contributed by atoms with Gasteiger partial charge in [-0.15, -0.1) is 0 Å². The van der Waals surface area contributed by atoms with Gasteiger partial charge in [0.1, 0.15) is 5.75 Å². The molecule has 0 spiro atoms. The molecule has 2 rings (SSSR count). The molecule has 1 aliphatic rings. The van der Waals surface area contributed by atoms with Crippen LogP contribution in [0.5, 0.6) is 5.75 Å². The molecule has 4 nitrogen and oxygen atoms in total. The van der Waals surface area contributed by atoms with Crippen LogP contribution >= 0.6 is 0 Å². The first kappa shape index (κ1) is 12.0. The van der Waals surface area contributed by atoms with Crippen molar-refractivity contribution in [3.05, 3.63) is 18.2 Å². The van der Waals surface area contributed by atoms with E-state index in [0.717, 1.165) is 30.3 Å². The average molecular weight is 236 g/mol. The van der Waals surface area contributed by atoms with Crippen LogP contribution in [0.4, 0.5) is 11.4 Å². The Morgan fingerprint density at radius 2 is 2.12 bits per heavy atom. The molecule has 0 aliphatic heterocycles. The minimum Gasteiger partial charge on any atom is -0.497 e. The summed E-state index contributed by atoms with van der Waals surface area (Å²) in [6.07, 6.45) is 2.49. The number of anilines is 2. The molecule has 0 amide bonds. The van der Waals surface area contributed by atoms with Gasteiger partial charge < -0.3 is 20.1 Å². The third-order valence-electron chi connectivity index (χ3n) is 3.07. The second-order valence-corrected chi connectivity index (χ2v) is 4.34. The van der Waals surface area contributed by atoms with Crippen molar-refractivity contribution >= 4 is 11.4 Å². The van der Waals surface area contributed by atoms with Crippen molar-refractivity contribution in [1.29, 1.82) is 0 Å². The lowest BCUT2D eigenvalue weighted by Crippen LogP contribution is -2.30. The van der Waals surface area contributed by atoms with Crippen molar-refractivity contribution in [2.45, 2.75) is 18.9 Å². The summed E-state index contributed by atoms with van der Waals surface area (Å²) in [4.78, 5) is 2.33. The lowest BCUT2D eigenvalue weighted by atomic mass is 10.2. The minimum absolute atomic E-state index is 0.626. The van der Waals surface area contributed by atoms with Crippen LogP contribution in [-0.2, 0) is 4.74 Å². The lowest BCUT2D eigenvalue weighted by Gasteiger charge is -2.26. The van der Waals surface area contributed by atoms with E-state index in [1.54, 1.807) is 14.2 Å². The molecule has 1 aromatic rings. The monoisotopic (exact) mass is 236 g/mol. The molecule has 94 valence electrons. The van der Waals surface area contributed by atoms with E-state index in [1.807, 2.05) is 18.2 Å². The van der Waals surface area contributed by atoms with Gasteiger partial charge in [-0.25, -0.2) is 0 Å². The molecule has 0 bridgehead atoms. The van der Waals surface area contributed by atoms with Crippen molar-refractivity contribution in [3.8, 4) is 5.75 Å². The molecular weight excluding hydrogens is 216 g/mol. The van der Waals surface area contributed by atoms with Gasteiger partial charge in [0.05, 0.1) is 25.1 Å². The van der Waals surface area contributed by atoms with Crippen LogP contribution in [0.15, 0.2) is 18.2 Å². The maximum absolute atomic E-state index is 6.07. The van der Waals surface area contributed by atoms with E-state index in [0.29, 0.717) is 6.04 Å². The molecule has 0 unspecified atom stereocenters. The number of nitrogens with two attached hydrogens (primary N) is 1. The predicted octanol–water partition coefficient (Wildman–Crippen LogP) is 1.89. The number of hydrogen-bond acceptors (Lipinski definition) is 4. The molecule has 2 N–H and O–H groups in total. The van der Waals surface area contributed by atoms with Gasteiger partial charge in [-0.1, -0.05) is 0 Å². The SMILES string of the molecule is COCCN(c1ccc(OC)cc1N)C1CC1. The minimum atomic E-state index is 0.626. The Morgan fingerprint density at radius 3 is 2.65 bits per heavy atom. The fourth-order valence-electron chi connectivity index (χ4n) is 2.00. The van der Waals surface area contributed by atoms with Crippen LogP contribution in [0, 0.1) is 0 Å². The van der Waals surface area contributed by atoms with Gasteiger partial charge in [0.25, 0.3) is 0 Å². The van der Waals surface area contributed by atoms with Crippen LogP contribution in [0.3, 0.4) is 0 Å². The molecule has 0 aromatic heterocycles. The first-order valence-electron chi connectivity index (χ1n) is 5.95. The van der Waals surface area contributed by atoms with Crippen molar-refractivity contribution in [1.82, 2.24) is 0 Å². The highest BCUT2D eigenvalue weighted by atomic mass is 16.5. The molecule has 0 radical (unpaired) electrons. The third-order valence-corrected chi connectivity index (χ3v) is 3.07. The summed E-state index contributed by atoms with van der Waals surface area (Å²) in [5.74, 6) is 0.800. The molecule has 1 aliphatic carbocycles. The average Bonchev–Trinajstić information content (AvgIpc) is 3.15. The second-order valence-electron chi connectivity index (χ2n) is 4.34. The second kappa shape index (κ2) is 5.27. The maximum atomic E-state index is 6.07. The number of methoxy groups -OCH3 is 2. The van der Waals surface area contributed by atoms with E-state index in [-0.39, 0.29) is 0 Å². The first-order valence-corrected chi connectivity index (χ1v) is 5.95. The summed E-state index contributed by atoms with van der Waals surface area (Å²) in [7, 11) is 3.38. The van der Waals surface area contributed by atoms with Gasteiger partial charge in [-0.3, -0.25) is 0 Å². The van der Waals surface area contributed by atoms with Crippen LogP contribution in [0.2, 0.25) is 0 Å². The van der Waals surface area contributed by atoms with E-state index in [1.165, 1.54) is 12.8 Å². The predicted molar refractivity (Wildman–Crippen MR) is 69.7 cm³/mol. The standard InChI is InChI=1S/C13H20N2O2/c1-16-8-7-15(10-3-4-10)13-6-5-11(17-2)9-12(13)14/h5-6,9-10H,3-4,7-8,14H2,1-2H3. The summed E-state index contributed by atoms with van der Waals surface area (Å²) in [5.41, 5.74) is 7.93. The van der Waals surface area contributed by atoms with E-state index < -0.39 is 0 Å². The normalized spacial score (nSPS) is 14.7. The molecule has 1 fully saturated rings. The highest BCUT2D eigenvalue weighted by Gasteiger charge is 2.29.